The van der Waals surface area contributed by atoms with Crippen LogP contribution in [0.5, 0.6) is 5.75 Å². The predicted octanol–water partition coefficient (Wildman–Crippen LogP) is 4.45. The summed E-state index contributed by atoms with van der Waals surface area (Å²) in [5, 5.41) is 6.04. The highest BCUT2D eigenvalue weighted by Gasteiger charge is 2.15. The van der Waals surface area contributed by atoms with Crippen molar-refractivity contribution in [2.75, 3.05) is 7.11 Å². The maximum absolute atomic E-state index is 13.5. The second-order valence-corrected chi connectivity index (χ2v) is 4.73. The first-order valence-electron chi connectivity index (χ1n) is 7.23. The fourth-order valence-electron chi connectivity index (χ4n) is 2.04. The second kappa shape index (κ2) is 8.68. The van der Waals surface area contributed by atoms with Crippen LogP contribution in [0.15, 0.2) is 42.3 Å². The van der Waals surface area contributed by atoms with E-state index < -0.39 is 11.4 Å². The van der Waals surface area contributed by atoms with Crippen LogP contribution < -0.4 is 10.3 Å². The molecule has 0 aliphatic carbocycles. The summed E-state index contributed by atoms with van der Waals surface area (Å²) in [6, 6.07) is 5.00. The van der Waals surface area contributed by atoms with Crippen molar-refractivity contribution in [3.63, 3.8) is 0 Å². The number of nitrogens with zero attached hydrogens (tertiary/aromatic N) is 1. The molecule has 4 nitrogen and oxygen atoms in total. The molecule has 0 amide bonds. The Morgan fingerprint density at radius 2 is 2.04 bits per heavy atom. The molecule has 0 aliphatic rings. The Morgan fingerprint density at radius 1 is 1.39 bits per heavy atom. The highest BCUT2D eigenvalue weighted by Crippen LogP contribution is 2.33. The van der Waals surface area contributed by atoms with Crippen LogP contribution >= 0.6 is 0 Å². The van der Waals surface area contributed by atoms with E-state index in [4.69, 9.17) is 4.74 Å². The number of H-pyrrole nitrogens is 1. The summed E-state index contributed by atoms with van der Waals surface area (Å²) in [6.45, 7) is 11.2. The van der Waals surface area contributed by atoms with Gasteiger partial charge in [0.1, 0.15) is 5.83 Å². The van der Waals surface area contributed by atoms with Gasteiger partial charge in [0.15, 0.2) is 5.75 Å². The molecule has 122 valence electrons. The van der Waals surface area contributed by atoms with Gasteiger partial charge in [-0.25, -0.2) is 9.49 Å². The molecule has 0 fully saturated rings. The summed E-state index contributed by atoms with van der Waals surface area (Å²) in [5.41, 5.74) is 1.47. The van der Waals surface area contributed by atoms with E-state index in [1.54, 1.807) is 18.2 Å². The number of rotatable bonds is 4. The van der Waals surface area contributed by atoms with Gasteiger partial charge in [0.05, 0.1) is 18.9 Å². The monoisotopic (exact) mass is 316 g/mol. The van der Waals surface area contributed by atoms with E-state index in [2.05, 4.69) is 37.2 Å². The molecule has 2 rings (SSSR count). The minimum atomic E-state index is -0.571. The van der Waals surface area contributed by atoms with Gasteiger partial charge in [-0.15, -0.1) is 0 Å². The molecule has 0 spiro atoms. The third kappa shape index (κ3) is 4.16. The van der Waals surface area contributed by atoms with Crippen LogP contribution in [0.1, 0.15) is 31.4 Å². The average molecular weight is 316 g/mol. The smallest absolute Gasteiger partial charge is 0.307 e. The number of halogens is 1. The molecule has 0 atom stereocenters. The van der Waals surface area contributed by atoms with Crippen molar-refractivity contribution in [3.8, 4) is 16.9 Å². The zero-order valence-corrected chi connectivity index (χ0v) is 13.6. The van der Waals surface area contributed by atoms with Crippen molar-refractivity contribution in [3.05, 3.63) is 59.0 Å². The molecule has 0 radical (unpaired) electrons. The third-order valence-electron chi connectivity index (χ3n) is 2.91. The lowest BCUT2D eigenvalue weighted by Gasteiger charge is -2.12. The molecule has 5 heteroatoms. The van der Waals surface area contributed by atoms with Crippen LogP contribution in [-0.2, 0) is 0 Å². The zero-order chi connectivity index (χ0) is 17.4. The number of aromatic nitrogens is 2. The van der Waals surface area contributed by atoms with Gasteiger partial charge in [0.25, 0.3) is 0 Å². The fourth-order valence-corrected chi connectivity index (χ4v) is 2.04. The average Bonchev–Trinajstić information content (AvgIpc) is 2.54. The Bertz CT molecular complexity index is 751. The molecule has 1 heterocycles. The normalized spacial score (nSPS) is 9.57. The van der Waals surface area contributed by atoms with Crippen molar-refractivity contribution in [1.29, 1.82) is 0 Å². The Kier molecular flexibility index (Phi) is 6.93. The van der Waals surface area contributed by atoms with Crippen LogP contribution in [0.4, 0.5) is 4.39 Å². The molecule has 1 aromatic heterocycles. The van der Waals surface area contributed by atoms with Crippen LogP contribution in [0.3, 0.4) is 0 Å². The van der Waals surface area contributed by atoms with Crippen LogP contribution in [0.25, 0.3) is 23.0 Å². The molecule has 23 heavy (non-hydrogen) atoms. The third-order valence-corrected chi connectivity index (χ3v) is 2.91. The van der Waals surface area contributed by atoms with Gasteiger partial charge >= 0.3 is 5.56 Å². The van der Waals surface area contributed by atoms with E-state index >= 15 is 0 Å². The van der Waals surface area contributed by atoms with Crippen molar-refractivity contribution < 1.29 is 9.13 Å². The Balaban J connectivity index is 0.000000816. The van der Waals surface area contributed by atoms with Gasteiger partial charge in [-0.3, -0.25) is 4.79 Å². The summed E-state index contributed by atoms with van der Waals surface area (Å²) in [6.07, 6.45) is 4.21. The first-order chi connectivity index (χ1) is 11.0. The predicted molar refractivity (Wildman–Crippen MR) is 93.0 cm³/mol. The number of hydrogen-bond acceptors (Lipinski definition) is 3. The molecule has 0 unspecified atom stereocenters. The van der Waals surface area contributed by atoms with Gasteiger partial charge in [-0.1, -0.05) is 57.7 Å². The first kappa shape index (κ1) is 18.4. The van der Waals surface area contributed by atoms with Crippen LogP contribution in [0.2, 0.25) is 0 Å². The van der Waals surface area contributed by atoms with Gasteiger partial charge < -0.3 is 4.74 Å². The molecule has 1 aromatic carbocycles. The lowest BCUT2D eigenvalue weighted by Crippen LogP contribution is -2.12. The largest absolute Gasteiger partial charge is 0.491 e. The summed E-state index contributed by atoms with van der Waals surface area (Å²) in [5.74, 6) is -0.455. The van der Waals surface area contributed by atoms with E-state index in [-0.39, 0.29) is 5.75 Å². The SMILES string of the molecule is C=Cc1c(C(=C)F)cccc1-c1cn[nH]c(=O)c1OC.CCC. The topological polar surface area (TPSA) is 55.0 Å². The van der Waals surface area contributed by atoms with Crippen molar-refractivity contribution in [2.24, 2.45) is 0 Å². The van der Waals surface area contributed by atoms with Crippen LogP contribution in [0, 0.1) is 0 Å². The minimum Gasteiger partial charge on any atom is -0.491 e. The fraction of sp³-hybridized carbons (Fsp3) is 0.222. The highest BCUT2D eigenvalue weighted by atomic mass is 19.1. The Hall–Kier alpha value is -2.69. The van der Waals surface area contributed by atoms with Gasteiger partial charge in [0.2, 0.25) is 0 Å². The number of aromatic amines is 1. The Morgan fingerprint density at radius 3 is 2.57 bits per heavy atom. The maximum atomic E-state index is 13.5. The molecule has 0 aliphatic heterocycles. The maximum Gasteiger partial charge on any atom is 0.307 e. The number of hydrogen-bond donors (Lipinski definition) is 1. The number of methoxy groups -OCH3 is 1. The number of benzene rings is 1. The van der Waals surface area contributed by atoms with E-state index in [1.807, 2.05) is 0 Å². The second-order valence-electron chi connectivity index (χ2n) is 4.73. The molecular weight excluding hydrogens is 295 g/mol. The first-order valence-corrected chi connectivity index (χ1v) is 7.23. The lowest BCUT2D eigenvalue weighted by molar-refractivity contribution is 0.408. The summed E-state index contributed by atoms with van der Waals surface area (Å²) < 4.78 is 18.6. The van der Waals surface area contributed by atoms with E-state index in [0.29, 0.717) is 22.3 Å². The van der Waals surface area contributed by atoms with Gasteiger partial charge in [-0.2, -0.15) is 5.10 Å². The van der Waals surface area contributed by atoms with Crippen molar-refractivity contribution >= 4 is 11.9 Å². The number of ether oxygens (including phenoxy) is 1. The summed E-state index contributed by atoms with van der Waals surface area (Å²) >= 11 is 0. The minimum absolute atomic E-state index is 0.115. The van der Waals surface area contributed by atoms with E-state index in [1.165, 1.54) is 25.8 Å². The van der Waals surface area contributed by atoms with Crippen molar-refractivity contribution in [2.45, 2.75) is 20.3 Å². The molecule has 0 saturated carbocycles. The molecule has 0 saturated heterocycles. The standard InChI is InChI=1S/C15H13FN2O2.C3H8/c1-4-10-11(9(2)16)6-5-7-12(10)13-8-17-18-15(19)14(13)20-3;1-3-2/h4-8H,1-2H2,3H3,(H,18,19);3H2,1-2H3. The van der Waals surface area contributed by atoms with Gasteiger partial charge in [-0.05, 0) is 11.1 Å². The molecular formula is C18H21FN2O2. The van der Waals surface area contributed by atoms with E-state index in [9.17, 15) is 9.18 Å². The molecule has 1 N–H and O–H groups in total. The number of nitrogens with one attached hydrogen (secondary N) is 1. The van der Waals surface area contributed by atoms with Crippen molar-refractivity contribution in [1.82, 2.24) is 10.2 Å². The van der Waals surface area contributed by atoms with E-state index in [0.717, 1.165) is 0 Å². The zero-order valence-electron chi connectivity index (χ0n) is 13.6. The van der Waals surface area contributed by atoms with Crippen LogP contribution in [-0.4, -0.2) is 17.3 Å². The quantitative estimate of drug-likeness (QED) is 0.907. The molecule has 2 aromatic rings. The Labute approximate surface area is 135 Å². The summed E-state index contributed by atoms with van der Waals surface area (Å²) in [4.78, 5) is 11.7. The van der Waals surface area contributed by atoms with Gasteiger partial charge in [0, 0.05) is 5.56 Å². The molecule has 0 bridgehead atoms. The lowest BCUT2D eigenvalue weighted by atomic mass is 9.95. The highest BCUT2D eigenvalue weighted by molar-refractivity contribution is 5.84. The summed E-state index contributed by atoms with van der Waals surface area (Å²) in [7, 11) is 1.39.